The predicted molar refractivity (Wildman–Crippen MR) is 116 cm³/mol. The van der Waals surface area contributed by atoms with E-state index in [1.165, 1.54) is 48.5 Å². The Morgan fingerprint density at radius 1 is 0.938 bits per heavy atom. The van der Waals surface area contributed by atoms with Crippen LogP contribution in [0, 0.1) is 0 Å². The first-order valence-corrected chi connectivity index (χ1v) is 11.3. The minimum absolute atomic E-state index is 0.0836. The molecular formula is C22H19ClF2N2O4S. The van der Waals surface area contributed by atoms with Crippen molar-refractivity contribution in [2.24, 2.45) is 5.73 Å². The van der Waals surface area contributed by atoms with Crippen LogP contribution >= 0.6 is 11.6 Å². The first kappa shape index (κ1) is 23.6. The highest BCUT2D eigenvalue weighted by Crippen LogP contribution is 2.32. The van der Waals surface area contributed by atoms with Gasteiger partial charge in [0.15, 0.2) is 9.84 Å². The fraction of sp³-hybridized carbons (Fsp3) is 0.136. The fourth-order valence-corrected chi connectivity index (χ4v) is 4.85. The molecule has 10 heteroatoms. The zero-order chi connectivity index (χ0) is 23.3. The lowest BCUT2D eigenvalue weighted by atomic mass is 10.1. The quantitative estimate of drug-likeness (QED) is 0.477. The van der Waals surface area contributed by atoms with E-state index < -0.39 is 33.8 Å². The third-order valence-corrected chi connectivity index (χ3v) is 6.78. The molecule has 32 heavy (non-hydrogen) atoms. The van der Waals surface area contributed by atoms with Crippen LogP contribution < -0.4 is 15.8 Å². The standard InChI is InChI=1S/C22H19ClF2N2O4S/c23-16-9-11-18(12-10-16)32(29,30)21(15-7-4-8-17(13-15)31-22(24)25)27-19(20(26)28)14-5-2-1-3-6-14/h1-13,19,21-22,27H,(H2,26,28)/t19?,21-/m1/s1. The number of nitrogens with two attached hydrogens (primary N) is 1. The Kier molecular flexibility index (Phi) is 7.44. The van der Waals surface area contributed by atoms with Crippen molar-refractivity contribution >= 4 is 27.3 Å². The Hall–Kier alpha value is -3.01. The van der Waals surface area contributed by atoms with Crippen LogP contribution in [0.4, 0.5) is 8.78 Å². The predicted octanol–water partition coefficient (Wildman–Crippen LogP) is 4.23. The summed E-state index contributed by atoms with van der Waals surface area (Å²) in [6, 6.07) is 17.8. The third kappa shape index (κ3) is 5.61. The van der Waals surface area contributed by atoms with Gasteiger partial charge in [0.1, 0.15) is 17.2 Å². The van der Waals surface area contributed by atoms with Crippen molar-refractivity contribution in [2.75, 3.05) is 0 Å². The SMILES string of the molecule is NC(=O)C(N[C@@H](c1cccc(OC(F)F)c1)S(=O)(=O)c1ccc(Cl)cc1)c1ccccc1. The van der Waals surface area contributed by atoms with Crippen molar-refractivity contribution in [1.82, 2.24) is 5.32 Å². The Bertz CT molecular complexity index is 1180. The van der Waals surface area contributed by atoms with Crippen LogP contribution in [0.15, 0.2) is 83.8 Å². The van der Waals surface area contributed by atoms with Gasteiger partial charge in [-0.05, 0) is 47.5 Å². The second-order valence-corrected chi connectivity index (χ2v) is 9.21. The third-order valence-electron chi connectivity index (χ3n) is 4.57. The molecule has 3 aromatic rings. The van der Waals surface area contributed by atoms with Crippen molar-refractivity contribution in [3.63, 3.8) is 0 Å². The smallest absolute Gasteiger partial charge is 0.387 e. The van der Waals surface area contributed by atoms with E-state index in [-0.39, 0.29) is 16.2 Å². The number of hydrogen-bond acceptors (Lipinski definition) is 5. The number of benzene rings is 3. The number of carbonyl (C=O) groups is 1. The van der Waals surface area contributed by atoms with Gasteiger partial charge in [0, 0.05) is 5.02 Å². The summed E-state index contributed by atoms with van der Waals surface area (Å²) >= 11 is 5.87. The van der Waals surface area contributed by atoms with Crippen molar-refractivity contribution in [2.45, 2.75) is 22.9 Å². The zero-order valence-electron chi connectivity index (χ0n) is 16.5. The summed E-state index contributed by atoms with van der Waals surface area (Å²) in [4.78, 5) is 12.1. The lowest BCUT2D eigenvalue weighted by molar-refractivity contribution is -0.120. The van der Waals surface area contributed by atoms with Gasteiger partial charge in [-0.2, -0.15) is 8.78 Å². The second kappa shape index (κ2) is 10.1. The lowest BCUT2D eigenvalue weighted by Crippen LogP contribution is -2.39. The first-order valence-electron chi connectivity index (χ1n) is 9.33. The number of hydrogen-bond donors (Lipinski definition) is 2. The summed E-state index contributed by atoms with van der Waals surface area (Å²) in [5.41, 5.74) is 6.08. The van der Waals surface area contributed by atoms with E-state index in [1.807, 2.05) is 0 Å². The highest BCUT2D eigenvalue weighted by molar-refractivity contribution is 7.91. The maximum absolute atomic E-state index is 13.5. The van der Waals surface area contributed by atoms with E-state index in [9.17, 15) is 22.0 Å². The molecule has 168 valence electrons. The molecule has 0 aromatic heterocycles. The number of ether oxygens (including phenoxy) is 1. The van der Waals surface area contributed by atoms with Crippen molar-refractivity contribution in [1.29, 1.82) is 0 Å². The van der Waals surface area contributed by atoms with E-state index in [4.69, 9.17) is 17.3 Å². The summed E-state index contributed by atoms with van der Waals surface area (Å²) in [6.45, 7) is -3.09. The highest BCUT2D eigenvalue weighted by atomic mass is 35.5. The largest absolute Gasteiger partial charge is 0.435 e. The minimum atomic E-state index is -4.17. The molecule has 3 aromatic carbocycles. The molecule has 0 aliphatic heterocycles. The highest BCUT2D eigenvalue weighted by Gasteiger charge is 2.33. The number of sulfone groups is 1. The first-order chi connectivity index (χ1) is 15.2. The molecule has 1 unspecified atom stereocenters. The van der Waals surface area contributed by atoms with Gasteiger partial charge in [0.05, 0.1) is 4.90 Å². The number of amides is 1. The monoisotopic (exact) mass is 480 g/mol. The molecule has 0 heterocycles. The number of carbonyl (C=O) groups excluding carboxylic acids is 1. The number of halogens is 3. The van der Waals surface area contributed by atoms with Crippen LogP contribution in [-0.4, -0.2) is 20.9 Å². The molecule has 0 radical (unpaired) electrons. The summed E-state index contributed by atoms with van der Waals surface area (Å²) in [5, 5.41) is 1.60. The molecule has 0 saturated heterocycles. The van der Waals surface area contributed by atoms with E-state index in [2.05, 4.69) is 10.1 Å². The number of rotatable bonds is 9. The topological polar surface area (TPSA) is 98.5 Å². The van der Waals surface area contributed by atoms with Crippen molar-refractivity contribution in [3.05, 3.63) is 95.0 Å². The molecule has 0 fully saturated rings. The molecule has 6 nitrogen and oxygen atoms in total. The van der Waals surface area contributed by atoms with Crippen LogP contribution in [0.25, 0.3) is 0 Å². The fourth-order valence-electron chi connectivity index (χ4n) is 3.12. The number of nitrogens with one attached hydrogen (secondary N) is 1. The summed E-state index contributed by atoms with van der Waals surface area (Å²) < 4.78 is 56.8. The van der Waals surface area contributed by atoms with Crippen LogP contribution in [0.2, 0.25) is 5.02 Å². The van der Waals surface area contributed by atoms with Crippen LogP contribution in [-0.2, 0) is 14.6 Å². The maximum atomic E-state index is 13.5. The maximum Gasteiger partial charge on any atom is 0.387 e. The zero-order valence-corrected chi connectivity index (χ0v) is 18.1. The van der Waals surface area contributed by atoms with E-state index >= 15 is 0 Å². The van der Waals surface area contributed by atoms with Gasteiger partial charge in [-0.3, -0.25) is 10.1 Å². The van der Waals surface area contributed by atoms with Gasteiger partial charge >= 0.3 is 6.61 Å². The Labute approximate surface area is 188 Å². The second-order valence-electron chi connectivity index (χ2n) is 6.74. The average molecular weight is 481 g/mol. The summed E-state index contributed by atoms with van der Waals surface area (Å²) in [7, 11) is -4.17. The molecule has 3 N–H and O–H groups in total. The van der Waals surface area contributed by atoms with Crippen LogP contribution in [0.3, 0.4) is 0 Å². The molecule has 3 rings (SSSR count). The molecule has 0 aliphatic rings. The van der Waals surface area contributed by atoms with Gasteiger partial charge in [-0.1, -0.05) is 54.1 Å². The Morgan fingerprint density at radius 3 is 2.16 bits per heavy atom. The lowest BCUT2D eigenvalue weighted by Gasteiger charge is -2.25. The molecule has 0 saturated carbocycles. The normalized spacial score (nSPS) is 13.5. The van der Waals surface area contributed by atoms with Crippen molar-refractivity contribution < 1.29 is 26.7 Å². The van der Waals surface area contributed by atoms with Crippen LogP contribution in [0.5, 0.6) is 5.75 Å². The average Bonchev–Trinajstić information content (AvgIpc) is 2.74. The molecule has 2 atom stereocenters. The minimum Gasteiger partial charge on any atom is -0.435 e. The Balaban J connectivity index is 2.11. The van der Waals surface area contributed by atoms with E-state index in [1.54, 1.807) is 30.3 Å². The van der Waals surface area contributed by atoms with Gasteiger partial charge in [0.2, 0.25) is 5.91 Å². The summed E-state index contributed by atoms with van der Waals surface area (Å²) in [6.07, 6.45) is 0. The van der Waals surface area contributed by atoms with Gasteiger partial charge in [0.25, 0.3) is 0 Å². The van der Waals surface area contributed by atoms with Gasteiger partial charge in [-0.15, -0.1) is 0 Å². The van der Waals surface area contributed by atoms with E-state index in [0.717, 1.165) is 0 Å². The van der Waals surface area contributed by atoms with Gasteiger partial charge < -0.3 is 10.5 Å². The van der Waals surface area contributed by atoms with Gasteiger partial charge in [-0.25, -0.2) is 8.42 Å². The molecule has 0 spiro atoms. The molecule has 0 bridgehead atoms. The molecule has 0 aliphatic carbocycles. The Morgan fingerprint density at radius 2 is 1.56 bits per heavy atom. The summed E-state index contributed by atoms with van der Waals surface area (Å²) in [5.74, 6) is -1.04. The molecule has 1 amide bonds. The van der Waals surface area contributed by atoms with Crippen molar-refractivity contribution in [3.8, 4) is 5.75 Å². The molecular weight excluding hydrogens is 462 g/mol. The number of primary amides is 1. The van der Waals surface area contributed by atoms with E-state index in [0.29, 0.717) is 10.6 Å². The number of alkyl halides is 2. The van der Waals surface area contributed by atoms with Crippen LogP contribution in [0.1, 0.15) is 22.5 Å².